The van der Waals surface area contributed by atoms with Gasteiger partial charge in [-0.1, -0.05) is 36.4 Å². The quantitative estimate of drug-likeness (QED) is 0.439. The van der Waals surface area contributed by atoms with Gasteiger partial charge in [-0.2, -0.15) is 0 Å². The Labute approximate surface area is 191 Å². The van der Waals surface area contributed by atoms with Crippen LogP contribution in [0, 0.1) is 5.82 Å². The standard InChI is InChI=1S/C27H24FN5/c28-23-6-1-2-7-26(23)33-18-31-25-16-30-24-9-8-21(15-22(24)27(25)33)20-5-3-4-19(14-20)17-32-12-10-29-11-13-32/h1-9,14-16,18,29H,10-13,17H2. The second-order valence-corrected chi connectivity index (χ2v) is 8.52. The fraction of sp³-hybridized carbons (Fsp3) is 0.185. The van der Waals surface area contributed by atoms with Crippen LogP contribution in [0.4, 0.5) is 4.39 Å². The molecular formula is C27H24FN5. The zero-order chi connectivity index (χ0) is 22.2. The van der Waals surface area contributed by atoms with Crippen LogP contribution in [0.3, 0.4) is 0 Å². The third-order valence-electron chi connectivity index (χ3n) is 6.36. The van der Waals surface area contributed by atoms with E-state index in [0.717, 1.165) is 60.2 Å². The van der Waals surface area contributed by atoms with Gasteiger partial charge in [0.1, 0.15) is 17.7 Å². The summed E-state index contributed by atoms with van der Waals surface area (Å²) in [5.74, 6) is -0.279. The molecule has 1 N–H and O–H groups in total. The molecule has 5 aromatic rings. The Morgan fingerprint density at radius 2 is 1.70 bits per heavy atom. The molecule has 0 radical (unpaired) electrons. The molecule has 1 saturated heterocycles. The number of halogens is 1. The molecule has 6 rings (SSSR count). The molecule has 2 aromatic heterocycles. The fourth-order valence-electron chi connectivity index (χ4n) is 4.68. The van der Waals surface area contributed by atoms with Gasteiger partial charge in [-0.05, 0) is 47.0 Å². The molecule has 164 valence electrons. The molecule has 0 unspecified atom stereocenters. The molecule has 5 nitrogen and oxygen atoms in total. The van der Waals surface area contributed by atoms with Crippen molar-refractivity contribution in [3.8, 4) is 16.8 Å². The van der Waals surface area contributed by atoms with Crippen LogP contribution < -0.4 is 5.32 Å². The number of piperazine rings is 1. The average molecular weight is 438 g/mol. The second kappa shape index (κ2) is 8.39. The molecular weight excluding hydrogens is 413 g/mol. The Bertz CT molecular complexity index is 1450. The summed E-state index contributed by atoms with van der Waals surface area (Å²) in [5, 5.41) is 4.37. The smallest absolute Gasteiger partial charge is 0.147 e. The maximum atomic E-state index is 14.6. The second-order valence-electron chi connectivity index (χ2n) is 8.52. The molecule has 6 heteroatoms. The molecule has 0 amide bonds. The first-order chi connectivity index (χ1) is 16.3. The lowest BCUT2D eigenvalue weighted by molar-refractivity contribution is 0.233. The van der Waals surface area contributed by atoms with Crippen LogP contribution in [0.25, 0.3) is 38.8 Å². The normalized spacial score (nSPS) is 14.8. The minimum Gasteiger partial charge on any atom is -0.314 e. The fourth-order valence-corrected chi connectivity index (χ4v) is 4.68. The van der Waals surface area contributed by atoms with Gasteiger partial charge in [-0.25, -0.2) is 9.37 Å². The maximum absolute atomic E-state index is 14.6. The predicted molar refractivity (Wildman–Crippen MR) is 130 cm³/mol. The average Bonchev–Trinajstić information content (AvgIpc) is 3.29. The van der Waals surface area contributed by atoms with E-state index in [0.29, 0.717) is 5.69 Å². The van der Waals surface area contributed by atoms with E-state index in [4.69, 9.17) is 0 Å². The first-order valence-electron chi connectivity index (χ1n) is 11.3. The highest BCUT2D eigenvalue weighted by Gasteiger charge is 2.14. The molecule has 1 aliphatic heterocycles. The van der Waals surface area contributed by atoms with Gasteiger partial charge < -0.3 is 5.32 Å². The number of hydrogen-bond donors (Lipinski definition) is 1. The number of imidazole rings is 1. The Morgan fingerprint density at radius 3 is 2.58 bits per heavy atom. The van der Waals surface area contributed by atoms with E-state index in [1.807, 2.05) is 16.7 Å². The van der Waals surface area contributed by atoms with Crippen molar-refractivity contribution in [3.63, 3.8) is 0 Å². The number of fused-ring (bicyclic) bond motifs is 3. The van der Waals surface area contributed by atoms with E-state index in [-0.39, 0.29) is 5.82 Å². The summed E-state index contributed by atoms with van der Waals surface area (Å²) in [6.45, 7) is 5.19. The molecule has 0 bridgehead atoms. The van der Waals surface area contributed by atoms with Crippen LogP contribution in [-0.2, 0) is 6.54 Å². The van der Waals surface area contributed by atoms with Gasteiger partial charge >= 0.3 is 0 Å². The summed E-state index contributed by atoms with van der Waals surface area (Å²) >= 11 is 0. The van der Waals surface area contributed by atoms with Crippen LogP contribution in [0.5, 0.6) is 0 Å². The molecule has 1 aliphatic rings. The molecule has 3 heterocycles. The minimum atomic E-state index is -0.279. The van der Waals surface area contributed by atoms with E-state index >= 15 is 0 Å². The number of benzene rings is 3. The van der Waals surface area contributed by atoms with Crippen LogP contribution in [0.15, 0.2) is 79.3 Å². The van der Waals surface area contributed by atoms with Gasteiger partial charge in [-0.15, -0.1) is 0 Å². The number of nitrogens with one attached hydrogen (secondary N) is 1. The molecule has 0 spiro atoms. The number of para-hydroxylation sites is 1. The van der Waals surface area contributed by atoms with E-state index in [1.54, 1.807) is 24.7 Å². The first kappa shape index (κ1) is 20.0. The van der Waals surface area contributed by atoms with Gasteiger partial charge in [0.25, 0.3) is 0 Å². The van der Waals surface area contributed by atoms with Gasteiger partial charge in [-0.3, -0.25) is 14.5 Å². The number of hydrogen-bond acceptors (Lipinski definition) is 4. The maximum Gasteiger partial charge on any atom is 0.147 e. The number of pyridine rings is 1. The zero-order valence-electron chi connectivity index (χ0n) is 18.2. The lowest BCUT2D eigenvalue weighted by Gasteiger charge is -2.27. The van der Waals surface area contributed by atoms with Crippen molar-refractivity contribution in [2.45, 2.75) is 6.54 Å². The molecule has 0 atom stereocenters. The van der Waals surface area contributed by atoms with Crippen LogP contribution in [0.2, 0.25) is 0 Å². The third kappa shape index (κ3) is 3.77. The number of rotatable bonds is 4. The Hall–Kier alpha value is -3.61. The topological polar surface area (TPSA) is 46.0 Å². The largest absolute Gasteiger partial charge is 0.314 e. The van der Waals surface area contributed by atoms with E-state index in [9.17, 15) is 4.39 Å². The Balaban J connectivity index is 1.45. The van der Waals surface area contributed by atoms with Crippen molar-refractivity contribution in [3.05, 3.63) is 90.6 Å². The highest BCUT2D eigenvalue weighted by Crippen LogP contribution is 2.31. The summed E-state index contributed by atoms with van der Waals surface area (Å²) in [4.78, 5) is 11.6. The van der Waals surface area contributed by atoms with Crippen molar-refractivity contribution in [2.24, 2.45) is 0 Å². The third-order valence-corrected chi connectivity index (χ3v) is 6.36. The van der Waals surface area contributed by atoms with Crippen molar-refractivity contribution in [1.82, 2.24) is 24.8 Å². The van der Waals surface area contributed by atoms with E-state index in [1.165, 1.54) is 17.2 Å². The zero-order valence-corrected chi connectivity index (χ0v) is 18.2. The highest BCUT2D eigenvalue weighted by molar-refractivity contribution is 6.04. The SMILES string of the molecule is Fc1ccccc1-n1cnc2cnc3ccc(-c4cccc(CN5CCNCC5)c4)cc3c21. The first-order valence-corrected chi connectivity index (χ1v) is 11.3. The Morgan fingerprint density at radius 1 is 0.848 bits per heavy atom. The van der Waals surface area contributed by atoms with Gasteiger partial charge in [0.2, 0.25) is 0 Å². The summed E-state index contributed by atoms with van der Waals surface area (Å²) in [5.41, 5.74) is 6.54. The van der Waals surface area contributed by atoms with Crippen LogP contribution in [-0.4, -0.2) is 45.6 Å². The van der Waals surface area contributed by atoms with Gasteiger partial charge in [0, 0.05) is 38.1 Å². The summed E-state index contributed by atoms with van der Waals surface area (Å²) in [6.07, 6.45) is 3.42. The minimum absolute atomic E-state index is 0.279. The van der Waals surface area contributed by atoms with Crippen LogP contribution in [0.1, 0.15) is 5.56 Å². The van der Waals surface area contributed by atoms with E-state index in [2.05, 4.69) is 56.6 Å². The number of nitrogens with zero attached hydrogens (tertiary/aromatic N) is 4. The van der Waals surface area contributed by atoms with Crippen molar-refractivity contribution in [1.29, 1.82) is 0 Å². The molecule has 33 heavy (non-hydrogen) atoms. The molecule has 1 fully saturated rings. The van der Waals surface area contributed by atoms with Gasteiger partial charge in [0.05, 0.1) is 22.9 Å². The molecule has 0 saturated carbocycles. The monoisotopic (exact) mass is 437 g/mol. The predicted octanol–water partition coefficient (Wildman–Crippen LogP) is 4.79. The summed E-state index contributed by atoms with van der Waals surface area (Å²) < 4.78 is 16.4. The van der Waals surface area contributed by atoms with Crippen LogP contribution >= 0.6 is 0 Å². The lowest BCUT2D eigenvalue weighted by atomic mass is 10.0. The summed E-state index contributed by atoms with van der Waals surface area (Å²) in [7, 11) is 0. The summed E-state index contributed by atoms with van der Waals surface area (Å²) in [6, 6.07) is 21.8. The molecule has 0 aliphatic carbocycles. The van der Waals surface area contributed by atoms with Gasteiger partial charge in [0.15, 0.2) is 0 Å². The van der Waals surface area contributed by atoms with E-state index < -0.39 is 0 Å². The Kier molecular flexibility index (Phi) is 5.09. The highest BCUT2D eigenvalue weighted by atomic mass is 19.1. The van der Waals surface area contributed by atoms with Crippen molar-refractivity contribution >= 4 is 21.9 Å². The lowest BCUT2D eigenvalue weighted by Crippen LogP contribution is -2.42. The molecule has 3 aromatic carbocycles. The van der Waals surface area contributed by atoms with Crippen molar-refractivity contribution in [2.75, 3.05) is 26.2 Å². The number of aromatic nitrogens is 3. The van der Waals surface area contributed by atoms with Crippen molar-refractivity contribution < 1.29 is 4.39 Å².